The number of hydrogen-bond acceptors (Lipinski definition) is 2. The summed E-state index contributed by atoms with van der Waals surface area (Å²) in [5, 5.41) is 0. The van der Waals surface area contributed by atoms with Crippen molar-refractivity contribution in [3.63, 3.8) is 0 Å². The van der Waals surface area contributed by atoms with Crippen LogP contribution in [0, 0.1) is 5.92 Å². The van der Waals surface area contributed by atoms with Gasteiger partial charge in [0.05, 0.1) is 6.61 Å². The predicted molar refractivity (Wildman–Crippen MR) is 72.8 cm³/mol. The molecule has 3 heteroatoms. The molecule has 0 aliphatic heterocycles. The average Bonchev–Trinajstić information content (AvgIpc) is 2.28. The lowest BCUT2D eigenvalue weighted by Gasteiger charge is -2.11. The van der Waals surface area contributed by atoms with E-state index in [0.29, 0.717) is 30.2 Å². The zero-order valence-electron chi connectivity index (χ0n) is 11.2. The van der Waals surface area contributed by atoms with Crippen LogP contribution < -0.4 is 4.74 Å². The van der Waals surface area contributed by atoms with Gasteiger partial charge in [0.15, 0.2) is 0 Å². The lowest BCUT2D eigenvalue weighted by molar-refractivity contribution is 0.278. The quantitative estimate of drug-likeness (QED) is 0.705. The smallest absolute Gasteiger partial charge is 0.213 e. The monoisotopic (exact) mass is 255 g/mol. The van der Waals surface area contributed by atoms with Gasteiger partial charge in [-0.1, -0.05) is 27.7 Å². The van der Waals surface area contributed by atoms with Crippen molar-refractivity contribution in [2.75, 3.05) is 6.61 Å². The first-order valence-electron chi connectivity index (χ1n) is 6.22. The van der Waals surface area contributed by atoms with Crippen LogP contribution in [0.5, 0.6) is 5.88 Å². The first-order chi connectivity index (χ1) is 8.02. The number of alkyl halides is 1. The van der Waals surface area contributed by atoms with Crippen molar-refractivity contribution in [3.05, 3.63) is 23.4 Å². The second kappa shape index (κ2) is 6.85. The van der Waals surface area contributed by atoms with E-state index in [0.717, 1.165) is 17.7 Å². The Labute approximate surface area is 109 Å². The summed E-state index contributed by atoms with van der Waals surface area (Å²) < 4.78 is 5.68. The van der Waals surface area contributed by atoms with Gasteiger partial charge in [0, 0.05) is 17.6 Å². The minimum absolute atomic E-state index is 0.394. The summed E-state index contributed by atoms with van der Waals surface area (Å²) in [6.07, 6.45) is 1.05. The highest BCUT2D eigenvalue weighted by atomic mass is 35.5. The number of halogens is 1. The SMILES string of the molecule is CC(C)CCOc1cc(CCl)cc(C(C)C)n1. The lowest BCUT2D eigenvalue weighted by Crippen LogP contribution is -2.05. The molecule has 0 spiro atoms. The highest BCUT2D eigenvalue weighted by molar-refractivity contribution is 6.17. The molecule has 2 nitrogen and oxygen atoms in total. The van der Waals surface area contributed by atoms with Crippen LogP contribution in [0.15, 0.2) is 12.1 Å². The molecular formula is C14H22ClNO. The maximum absolute atomic E-state index is 5.88. The van der Waals surface area contributed by atoms with Crippen LogP contribution in [-0.4, -0.2) is 11.6 Å². The maximum Gasteiger partial charge on any atom is 0.213 e. The summed E-state index contributed by atoms with van der Waals surface area (Å²) in [6, 6.07) is 3.98. The second-order valence-electron chi connectivity index (χ2n) is 5.06. The molecule has 0 atom stereocenters. The lowest BCUT2D eigenvalue weighted by atomic mass is 10.1. The molecule has 0 saturated heterocycles. The fraction of sp³-hybridized carbons (Fsp3) is 0.643. The number of nitrogens with zero attached hydrogens (tertiary/aromatic N) is 1. The number of ether oxygens (including phenoxy) is 1. The summed E-state index contributed by atoms with van der Waals surface area (Å²) in [7, 11) is 0. The number of rotatable bonds is 6. The first kappa shape index (κ1) is 14.3. The molecule has 1 heterocycles. The summed E-state index contributed by atoms with van der Waals surface area (Å²) >= 11 is 5.88. The van der Waals surface area contributed by atoms with Crippen LogP contribution in [0.3, 0.4) is 0 Å². The Morgan fingerprint density at radius 3 is 2.47 bits per heavy atom. The molecular weight excluding hydrogens is 234 g/mol. The van der Waals surface area contributed by atoms with E-state index in [1.165, 1.54) is 0 Å². The van der Waals surface area contributed by atoms with Crippen LogP contribution in [0.1, 0.15) is 51.3 Å². The molecule has 0 aliphatic carbocycles. The van der Waals surface area contributed by atoms with Crippen molar-refractivity contribution >= 4 is 11.6 Å². The topological polar surface area (TPSA) is 22.1 Å². The van der Waals surface area contributed by atoms with E-state index in [4.69, 9.17) is 16.3 Å². The van der Waals surface area contributed by atoms with Crippen molar-refractivity contribution in [1.29, 1.82) is 0 Å². The van der Waals surface area contributed by atoms with Gasteiger partial charge in [-0.2, -0.15) is 0 Å². The number of aromatic nitrogens is 1. The van der Waals surface area contributed by atoms with E-state index in [9.17, 15) is 0 Å². The summed E-state index contributed by atoms with van der Waals surface area (Å²) in [5.41, 5.74) is 2.12. The largest absolute Gasteiger partial charge is 0.478 e. The molecule has 0 aliphatic rings. The molecule has 0 N–H and O–H groups in total. The third-order valence-corrected chi connectivity index (χ3v) is 2.88. The van der Waals surface area contributed by atoms with E-state index in [1.54, 1.807) is 0 Å². The zero-order chi connectivity index (χ0) is 12.8. The summed E-state index contributed by atoms with van der Waals surface area (Å²) in [4.78, 5) is 4.50. The molecule has 0 fully saturated rings. The average molecular weight is 256 g/mol. The van der Waals surface area contributed by atoms with Gasteiger partial charge < -0.3 is 4.74 Å². The normalized spacial score (nSPS) is 11.2. The van der Waals surface area contributed by atoms with Crippen molar-refractivity contribution in [2.45, 2.75) is 45.9 Å². The van der Waals surface area contributed by atoms with Crippen LogP contribution in [-0.2, 0) is 5.88 Å². The van der Waals surface area contributed by atoms with Crippen LogP contribution in [0.25, 0.3) is 0 Å². The zero-order valence-corrected chi connectivity index (χ0v) is 11.9. The van der Waals surface area contributed by atoms with Gasteiger partial charge in [0.2, 0.25) is 5.88 Å². The van der Waals surface area contributed by atoms with E-state index in [2.05, 4.69) is 32.7 Å². The Morgan fingerprint density at radius 2 is 1.94 bits per heavy atom. The molecule has 1 rings (SSSR count). The molecule has 0 amide bonds. The van der Waals surface area contributed by atoms with Crippen LogP contribution >= 0.6 is 11.6 Å². The van der Waals surface area contributed by atoms with Gasteiger partial charge >= 0.3 is 0 Å². The Morgan fingerprint density at radius 1 is 1.24 bits per heavy atom. The molecule has 1 aromatic heterocycles. The number of hydrogen-bond donors (Lipinski definition) is 0. The van der Waals surface area contributed by atoms with Gasteiger partial charge in [-0.25, -0.2) is 4.98 Å². The van der Waals surface area contributed by atoms with Gasteiger partial charge in [-0.15, -0.1) is 11.6 Å². The highest BCUT2D eigenvalue weighted by Gasteiger charge is 2.07. The van der Waals surface area contributed by atoms with Crippen molar-refractivity contribution in [1.82, 2.24) is 4.98 Å². The first-order valence-corrected chi connectivity index (χ1v) is 6.76. The van der Waals surface area contributed by atoms with Crippen molar-refractivity contribution < 1.29 is 4.74 Å². The Hall–Kier alpha value is -0.760. The Bertz CT molecular complexity index is 350. The van der Waals surface area contributed by atoms with Gasteiger partial charge in [0.1, 0.15) is 0 Å². The van der Waals surface area contributed by atoms with Gasteiger partial charge in [-0.05, 0) is 29.9 Å². The van der Waals surface area contributed by atoms with E-state index >= 15 is 0 Å². The molecule has 0 saturated carbocycles. The molecule has 0 bridgehead atoms. The minimum atomic E-state index is 0.394. The van der Waals surface area contributed by atoms with Crippen LogP contribution in [0.2, 0.25) is 0 Å². The fourth-order valence-corrected chi connectivity index (χ4v) is 1.58. The third-order valence-electron chi connectivity index (χ3n) is 2.57. The Kier molecular flexibility index (Phi) is 5.76. The Balaban J connectivity index is 2.73. The maximum atomic E-state index is 5.88. The molecule has 96 valence electrons. The van der Waals surface area contributed by atoms with E-state index in [-0.39, 0.29) is 0 Å². The molecule has 0 unspecified atom stereocenters. The van der Waals surface area contributed by atoms with Crippen LogP contribution in [0.4, 0.5) is 0 Å². The second-order valence-corrected chi connectivity index (χ2v) is 5.33. The van der Waals surface area contributed by atoms with E-state index < -0.39 is 0 Å². The van der Waals surface area contributed by atoms with Crippen molar-refractivity contribution in [2.24, 2.45) is 5.92 Å². The van der Waals surface area contributed by atoms with Gasteiger partial charge in [-0.3, -0.25) is 0 Å². The fourth-order valence-electron chi connectivity index (χ4n) is 1.43. The van der Waals surface area contributed by atoms with Gasteiger partial charge in [0.25, 0.3) is 0 Å². The summed E-state index contributed by atoms with van der Waals surface area (Å²) in [6.45, 7) is 9.33. The minimum Gasteiger partial charge on any atom is -0.478 e. The highest BCUT2D eigenvalue weighted by Crippen LogP contribution is 2.20. The molecule has 1 aromatic rings. The molecule has 0 radical (unpaired) electrons. The predicted octanol–water partition coefficient (Wildman–Crippen LogP) is 4.37. The van der Waals surface area contributed by atoms with E-state index in [1.807, 2.05) is 12.1 Å². The number of pyridine rings is 1. The van der Waals surface area contributed by atoms with Crippen molar-refractivity contribution in [3.8, 4) is 5.88 Å². The summed E-state index contributed by atoms with van der Waals surface area (Å²) in [5.74, 6) is 2.25. The standard InChI is InChI=1S/C14H22ClNO/c1-10(2)5-6-17-14-8-12(9-15)7-13(16-14)11(3)4/h7-8,10-11H,5-6,9H2,1-4H3. The third kappa shape index (κ3) is 4.95. The molecule has 0 aromatic carbocycles. The molecule has 17 heavy (non-hydrogen) atoms.